The summed E-state index contributed by atoms with van der Waals surface area (Å²) in [4.78, 5) is 44.6. The average Bonchev–Trinajstić information content (AvgIpc) is 3.41. The Bertz CT molecular complexity index is 1600. The van der Waals surface area contributed by atoms with Crippen LogP contribution >= 0.6 is 11.3 Å². The Morgan fingerprint density at radius 3 is 2.21 bits per heavy atom. The summed E-state index contributed by atoms with van der Waals surface area (Å²) in [6.45, 7) is 8.59. The first-order valence-electron chi connectivity index (χ1n) is 13.7. The number of nitrogens with two attached hydrogens (primary N) is 1. The van der Waals surface area contributed by atoms with Crippen molar-refractivity contribution in [3.8, 4) is 10.6 Å². The number of nitrogens with one attached hydrogen (secondary N) is 2. The molecule has 3 amide bonds. The van der Waals surface area contributed by atoms with E-state index in [1.54, 1.807) is 41.3 Å². The molecule has 2 heterocycles. The van der Waals surface area contributed by atoms with Crippen LogP contribution in [0.25, 0.3) is 10.6 Å². The summed E-state index contributed by atoms with van der Waals surface area (Å²) in [5, 5.41) is 6.66. The topological polar surface area (TPSA) is 127 Å². The molecule has 0 atom stereocenters. The van der Waals surface area contributed by atoms with Crippen LogP contribution in [0, 0.1) is 0 Å². The van der Waals surface area contributed by atoms with Crippen molar-refractivity contribution in [2.24, 2.45) is 5.73 Å². The van der Waals surface area contributed by atoms with E-state index >= 15 is 0 Å². The monoisotopic (exact) mass is 583 g/mol. The number of carbonyl (C=O) groups excluding carboxylic acids is 3. The van der Waals surface area contributed by atoms with Gasteiger partial charge >= 0.3 is 0 Å². The SMILES string of the molecule is CC(C)(C)c1ccc(C(=O)Nc2cccc(-c3nc(Nc4ccc(C(=O)N5CCOCC5)cc4)c(C(N)=O)s3)c2)cc1. The normalized spacial score (nSPS) is 13.5. The quantitative estimate of drug-likeness (QED) is 0.257. The third kappa shape index (κ3) is 6.67. The van der Waals surface area contributed by atoms with Gasteiger partial charge in [0, 0.05) is 41.2 Å². The van der Waals surface area contributed by atoms with Crippen LogP contribution in [0.3, 0.4) is 0 Å². The van der Waals surface area contributed by atoms with Crippen LogP contribution in [0.2, 0.25) is 0 Å². The van der Waals surface area contributed by atoms with Crippen molar-refractivity contribution in [3.63, 3.8) is 0 Å². The number of benzene rings is 3. The standard InChI is InChI=1S/C32H33N5O4S/c1-32(2,3)23-11-7-20(8-12-23)29(39)35-25-6-4-5-22(19-25)30-36-28(26(42-30)27(33)38)34-24-13-9-21(10-14-24)31(40)37-15-17-41-18-16-37/h4-14,19,34H,15-18H2,1-3H3,(H2,33,38)(H,35,39). The molecule has 0 radical (unpaired) electrons. The van der Waals surface area contributed by atoms with Gasteiger partial charge in [0.15, 0.2) is 5.82 Å². The fourth-order valence-electron chi connectivity index (χ4n) is 4.53. The van der Waals surface area contributed by atoms with Crippen molar-refractivity contribution in [1.82, 2.24) is 9.88 Å². The van der Waals surface area contributed by atoms with Gasteiger partial charge in [-0.15, -0.1) is 11.3 Å². The Balaban J connectivity index is 1.31. The molecule has 5 rings (SSSR count). The van der Waals surface area contributed by atoms with E-state index in [0.29, 0.717) is 59.6 Å². The smallest absolute Gasteiger partial charge is 0.262 e. The van der Waals surface area contributed by atoms with Crippen molar-refractivity contribution in [2.75, 3.05) is 36.9 Å². The lowest BCUT2D eigenvalue weighted by molar-refractivity contribution is 0.0303. The Hall–Kier alpha value is -4.54. The number of thiazole rings is 1. The summed E-state index contributed by atoms with van der Waals surface area (Å²) in [5.74, 6) is -0.554. The van der Waals surface area contributed by atoms with Gasteiger partial charge in [0.2, 0.25) is 0 Å². The maximum atomic E-state index is 12.9. The predicted molar refractivity (Wildman–Crippen MR) is 166 cm³/mol. The summed E-state index contributed by atoms with van der Waals surface area (Å²) in [5.41, 5.74) is 9.94. The number of carbonyl (C=O) groups is 3. The largest absolute Gasteiger partial charge is 0.378 e. The highest BCUT2D eigenvalue weighted by atomic mass is 32.1. The lowest BCUT2D eigenvalue weighted by Crippen LogP contribution is -2.40. The van der Waals surface area contributed by atoms with Crippen LogP contribution in [0.5, 0.6) is 0 Å². The summed E-state index contributed by atoms with van der Waals surface area (Å²) < 4.78 is 5.32. The summed E-state index contributed by atoms with van der Waals surface area (Å²) in [6.07, 6.45) is 0. The summed E-state index contributed by atoms with van der Waals surface area (Å²) in [6, 6.07) is 21.9. The molecule has 0 spiro atoms. The first-order valence-corrected chi connectivity index (χ1v) is 14.5. The van der Waals surface area contributed by atoms with Crippen LogP contribution in [-0.2, 0) is 10.2 Å². The molecular weight excluding hydrogens is 550 g/mol. The molecular formula is C32H33N5O4S. The Morgan fingerprint density at radius 1 is 0.905 bits per heavy atom. The number of morpholine rings is 1. The Morgan fingerprint density at radius 2 is 1.57 bits per heavy atom. The fourth-order valence-corrected chi connectivity index (χ4v) is 5.40. The van der Waals surface area contributed by atoms with Gasteiger partial charge in [-0.3, -0.25) is 14.4 Å². The van der Waals surface area contributed by atoms with Crippen LogP contribution in [0.4, 0.5) is 17.2 Å². The summed E-state index contributed by atoms with van der Waals surface area (Å²) >= 11 is 1.16. The van der Waals surface area contributed by atoms with E-state index in [4.69, 9.17) is 10.5 Å². The zero-order valence-electron chi connectivity index (χ0n) is 23.8. The molecule has 4 N–H and O–H groups in total. The third-order valence-electron chi connectivity index (χ3n) is 6.92. The second kappa shape index (κ2) is 12.1. The fraction of sp³-hybridized carbons (Fsp3) is 0.250. The predicted octanol–water partition coefficient (Wildman–Crippen LogP) is 5.67. The number of rotatable bonds is 7. The molecule has 4 aromatic rings. The van der Waals surface area contributed by atoms with E-state index < -0.39 is 5.91 Å². The first-order chi connectivity index (χ1) is 20.1. The van der Waals surface area contributed by atoms with E-state index in [-0.39, 0.29) is 22.1 Å². The van der Waals surface area contributed by atoms with Crippen LogP contribution in [0.15, 0.2) is 72.8 Å². The average molecular weight is 584 g/mol. The number of amides is 3. The number of hydrogen-bond donors (Lipinski definition) is 3. The van der Waals surface area contributed by atoms with E-state index in [2.05, 4.69) is 36.4 Å². The molecule has 1 aromatic heterocycles. The number of nitrogens with zero attached hydrogens (tertiary/aromatic N) is 2. The zero-order chi connectivity index (χ0) is 29.9. The second-order valence-corrected chi connectivity index (χ2v) is 12.0. The highest BCUT2D eigenvalue weighted by molar-refractivity contribution is 7.17. The molecule has 0 saturated carbocycles. The van der Waals surface area contributed by atoms with Gasteiger partial charge in [0.25, 0.3) is 17.7 Å². The highest BCUT2D eigenvalue weighted by Gasteiger charge is 2.20. The van der Waals surface area contributed by atoms with Gasteiger partial charge in [-0.2, -0.15) is 0 Å². The molecule has 0 bridgehead atoms. The number of anilines is 3. The molecule has 42 heavy (non-hydrogen) atoms. The molecule has 0 aliphatic carbocycles. The van der Waals surface area contributed by atoms with Crippen LogP contribution in [0.1, 0.15) is 56.7 Å². The third-order valence-corrected chi connectivity index (χ3v) is 8.04. The molecule has 10 heteroatoms. The molecule has 216 valence electrons. The van der Waals surface area contributed by atoms with Crippen molar-refractivity contribution in [3.05, 3.63) is 94.4 Å². The van der Waals surface area contributed by atoms with E-state index in [0.717, 1.165) is 22.5 Å². The molecule has 3 aromatic carbocycles. The molecule has 9 nitrogen and oxygen atoms in total. The molecule has 1 aliphatic rings. The van der Waals surface area contributed by atoms with Gasteiger partial charge in [-0.1, -0.05) is 45.0 Å². The van der Waals surface area contributed by atoms with E-state index in [1.165, 1.54) is 0 Å². The van der Waals surface area contributed by atoms with Crippen molar-refractivity contribution in [1.29, 1.82) is 0 Å². The van der Waals surface area contributed by atoms with Gasteiger partial charge < -0.3 is 26.0 Å². The van der Waals surface area contributed by atoms with Crippen molar-refractivity contribution < 1.29 is 19.1 Å². The minimum absolute atomic E-state index is 0.0000536. The maximum Gasteiger partial charge on any atom is 0.262 e. The molecule has 1 aliphatic heterocycles. The second-order valence-electron chi connectivity index (χ2n) is 11.0. The number of ether oxygens (including phenoxy) is 1. The van der Waals surface area contributed by atoms with Crippen molar-refractivity contribution in [2.45, 2.75) is 26.2 Å². The van der Waals surface area contributed by atoms with Crippen molar-refractivity contribution >= 4 is 46.3 Å². The Labute approximate surface area is 248 Å². The lowest BCUT2D eigenvalue weighted by atomic mass is 9.87. The minimum Gasteiger partial charge on any atom is -0.378 e. The maximum absolute atomic E-state index is 12.9. The number of primary amides is 1. The van der Waals surface area contributed by atoms with Gasteiger partial charge in [0.1, 0.15) is 9.88 Å². The molecule has 1 saturated heterocycles. The summed E-state index contributed by atoms with van der Waals surface area (Å²) in [7, 11) is 0. The molecule has 0 unspecified atom stereocenters. The van der Waals surface area contributed by atoms with Crippen LogP contribution in [-0.4, -0.2) is 53.9 Å². The van der Waals surface area contributed by atoms with Gasteiger partial charge in [-0.05, 0) is 59.5 Å². The van der Waals surface area contributed by atoms with Gasteiger partial charge in [-0.25, -0.2) is 4.98 Å². The number of aromatic nitrogens is 1. The van der Waals surface area contributed by atoms with Gasteiger partial charge in [0.05, 0.1) is 13.2 Å². The van der Waals surface area contributed by atoms with E-state index in [1.807, 2.05) is 36.4 Å². The van der Waals surface area contributed by atoms with Crippen LogP contribution < -0.4 is 16.4 Å². The Kier molecular flexibility index (Phi) is 8.37. The van der Waals surface area contributed by atoms with E-state index in [9.17, 15) is 14.4 Å². The first kappa shape index (κ1) is 29.0. The minimum atomic E-state index is -0.608. The zero-order valence-corrected chi connectivity index (χ0v) is 24.6. The number of hydrogen-bond acceptors (Lipinski definition) is 7. The lowest BCUT2D eigenvalue weighted by Gasteiger charge is -2.26. The highest BCUT2D eigenvalue weighted by Crippen LogP contribution is 2.34. The molecule has 1 fully saturated rings.